The molecule has 2 rings (SSSR count). The lowest BCUT2D eigenvalue weighted by atomic mass is 10.1. The SMILES string of the molecule is C=CCc1cc(OC)ccc1OCCCN1CCN(C)CC1. The monoisotopic (exact) mass is 304 g/mol. The highest BCUT2D eigenvalue weighted by atomic mass is 16.5. The molecule has 1 fully saturated rings. The molecule has 0 N–H and O–H groups in total. The van der Waals surface area contributed by atoms with Crippen molar-refractivity contribution in [3.8, 4) is 11.5 Å². The van der Waals surface area contributed by atoms with Crippen LogP contribution in [0.2, 0.25) is 0 Å². The second-order valence-electron chi connectivity index (χ2n) is 5.81. The smallest absolute Gasteiger partial charge is 0.123 e. The van der Waals surface area contributed by atoms with Gasteiger partial charge < -0.3 is 19.3 Å². The van der Waals surface area contributed by atoms with Gasteiger partial charge in [-0.05, 0) is 38.1 Å². The molecule has 1 aromatic carbocycles. The zero-order chi connectivity index (χ0) is 15.8. The summed E-state index contributed by atoms with van der Waals surface area (Å²) in [4.78, 5) is 4.90. The van der Waals surface area contributed by atoms with Gasteiger partial charge in [-0.3, -0.25) is 0 Å². The van der Waals surface area contributed by atoms with E-state index >= 15 is 0 Å². The number of hydrogen-bond acceptors (Lipinski definition) is 4. The molecule has 1 aliphatic heterocycles. The van der Waals surface area contributed by atoms with Gasteiger partial charge in [0.25, 0.3) is 0 Å². The predicted molar refractivity (Wildman–Crippen MR) is 90.9 cm³/mol. The van der Waals surface area contributed by atoms with E-state index in [9.17, 15) is 0 Å². The fourth-order valence-corrected chi connectivity index (χ4v) is 2.68. The van der Waals surface area contributed by atoms with Gasteiger partial charge >= 0.3 is 0 Å². The van der Waals surface area contributed by atoms with Crippen LogP contribution >= 0.6 is 0 Å². The molecule has 0 atom stereocenters. The van der Waals surface area contributed by atoms with Crippen molar-refractivity contribution >= 4 is 0 Å². The third-order valence-corrected chi connectivity index (χ3v) is 4.10. The van der Waals surface area contributed by atoms with Gasteiger partial charge in [-0.2, -0.15) is 0 Å². The summed E-state index contributed by atoms with van der Waals surface area (Å²) in [5.74, 6) is 1.81. The highest BCUT2D eigenvalue weighted by Crippen LogP contribution is 2.25. The van der Waals surface area contributed by atoms with E-state index in [4.69, 9.17) is 9.47 Å². The van der Waals surface area contributed by atoms with E-state index in [1.165, 1.54) is 26.2 Å². The first kappa shape index (κ1) is 16.8. The normalized spacial score (nSPS) is 16.5. The first-order valence-electron chi connectivity index (χ1n) is 8.04. The van der Waals surface area contributed by atoms with Crippen LogP contribution in [0, 0.1) is 0 Å². The average molecular weight is 304 g/mol. The van der Waals surface area contributed by atoms with Gasteiger partial charge in [0, 0.05) is 38.3 Å². The Balaban J connectivity index is 1.77. The van der Waals surface area contributed by atoms with Gasteiger partial charge in [-0.15, -0.1) is 6.58 Å². The molecule has 4 heteroatoms. The van der Waals surface area contributed by atoms with Crippen LogP contribution in [0.1, 0.15) is 12.0 Å². The Morgan fingerprint density at radius 2 is 2.00 bits per heavy atom. The zero-order valence-corrected chi connectivity index (χ0v) is 13.9. The second kappa shape index (κ2) is 8.81. The maximum absolute atomic E-state index is 5.96. The summed E-state index contributed by atoms with van der Waals surface area (Å²) in [6.07, 6.45) is 3.75. The molecule has 22 heavy (non-hydrogen) atoms. The van der Waals surface area contributed by atoms with E-state index < -0.39 is 0 Å². The maximum Gasteiger partial charge on any atom is 0.123 e. The number of benzene rings is 1. The molecule has 4 nitrogen and oxygen atoms in total. The first-order valence-corrected chi connectivity index (χ1v) is 8.04. The standard InChI is InChI=1S/C18H28N2O2/c1-4-6-16-15-17(21-3)7-8-18(16)22-14-5-9-20-12-10-19(2)11-13-20/h4,7-8,15H,1,5-6,9-14H2,2-3H3. The minimum absolute atomic E-state index is 0.753. The lowest BCUT2D eigenvalue weighted by Crippen LogP contribution is -2.44. The lowest BCUT2D eigenvalue weighted by Gasteiger charge is -2.32. The van der Waals surface area contributed by atoms with Gasteiger partial charge in [0.1, 0.15) is 11.5 Å². The highest BCUT2D eigenvalue weighted by Gasteiger charge is 2.13. The fraction of sp³-hybridized carbons (Fsp3) is 0.556. The minimum atomic E-state index is 0.753. The number of piperazine rings is 1. The molecule has 0 spiro atoms. The molecule has 0 bridgehead atoms. The first-order chi connectivity index (χ1) is 10.7. The van der Waals surface area contributed by atoms with E-state index in [1.54, 1.807) is 7.11 Å². The highest BCUT2D eigenvalue weighted by molar-refractivity contribution is 5.41. The Labute approximate surface area is 134 Å². The molecule has 0 aromatic heterocycles. The van der Waals surface area contributed by atoms with Crippen LogP contribution in [0.5, 0.6) is 11.5 Å². The Bertz CT molecular complexity index is 468. The van der Waals surface area contributed by atoms with Crippen LogP contribution in [-0.2, 0) is 6.42 Å². The fourth-order valence-electron chi connectivity index (χ4n) is 2.68. The van der Waals surface area contributed by atoms with Crippen molar-refractivity contribution in [1.29, 1.82) is 0 Å². The van der Waals surface area contributed by atoms with Crippen molar-refractivity contribution < 1.29 is 9.47 Å². The number of nitrogens with zero attached hydrogens (tertiary/aromatic N) is 2. The minimum Gasteiger partial charge on any atom is -0.497 e. The molecule has 0 aliphatic carbocycles. The van der Waals surface area contributed by atoms with Crippen molar-refractivity contribution in [2.45, 2.75) is 12.8 Å². The van der Waals surface area contributed by atoms with Crippen LogP contribution in [0.4, 0.5) is 0 Å². The lowest BCUT2D eigenvalue weighted by molar-refractivity contribution is 0.145. The van der Waals surface area contributed by atoms with Gasteiger partial charge in [0.15, 0.2) is 0 Å². The summed E-state index contributed by atoms with van der Waals surface area (Å²) in [6, 6.07) is 5.97. The summed E-state index contributed by atoms with van der Waals surface area (Å²) in [5, 5.41) is 0. The second-order valence-corrected chi connectivity index (χ2v) is 5.81. The van der Waals surface area contributed by atoms with Crippen LogP contribution in [0.25, 0.3) is 0 Å². The maximum atomic E-state index is 5.96. The van der Waals surface area contributed by atoms with Crippen molar-refractivity contribution in [1.82, 2.24) is 9.80 Å². The molecule has 1 heterocycles. The Morgan fingerprint density at radius 1 is 1.23 bits per heavy atom. The zero-order valence-electron chi connectivity index (χ0n) is 13.9. The molecule has 0 radical (unpaired) electrons. The Kier molecular flexibility index (Phi) is 6.74. The summed E-state index contributed by atoms with van der Waals surface area (Å²) in [6.45, 7) is 10.3. The third-order valence-electron chi connectivity index (χ3n) is 4.10. The predicted octanol–water partition coefficient (Wildman–Crippen LogP) is 2.44. The van der Waals surface area contributed by atoms with Crippen molar-refractivity contribution in [2.75, 3.05) is 53.5 Å². The Morgan fingerprint density at radius 3 is 2.68 bits per heavy atom. The number of allylic oxidation sites excluding steroid dienone is 1. The largest absolute Gasteiger partial charge is 0.497 e. The molecular weight excluding hydrogens is 276 g/mol. The Hall–Kier alpha value is -1.52. The summed E-state index contributed by atoms with van der Waals surface area (Å²) in [5.41, 5.74) is 1.13. The van der Waals surface area contributed by atoms with Crippen LogP contribution in [0.15, 0.2) is 30.9 Å². The van der Waals surface area contributed by atoms with Gasteiger partial charge in [-0.1, -0.05) is 6.08 Å². The summed E-state index contributed by atoms with van der Waals surface area (Å²) in [7, 11) is 3.87. The molecular formula is C18H28N2O2. The number of hydrogen-bond donors (Lipinski definition) is 0. The third kappa shape index (κ3) is 5.04. The van der Waals surface area contributed by atoms with E-state index in [1.807, 2.05) is 24.3 Å². The molecule has 122 valence electrons. The number of methoxy groups -OCH3 is 1. The van der Waals surface area contributed by atoms with Gasteiger partial charge in [-0.25, -0.2) is 0 Å². The number of rotatable bonds is 8. The summed E-state index contributed by atoms with van der Waals surface area (Å²) >= 11 is 0. The van der Waals surface area contributed by atoms with Gasteiger partial charge in [0.05, 0.1) is 13.7 Å². The molecule has 1 aromatic rings. The molecule has 0 unspecified atom stereocenters. The summed E-state index contributed by atoms with van der Waals surface area (Å²) < 4.78 is 11.2. The van der Waals surface area contributed by atoms with Crippen LogP contribution in [-0.4, -0.2) is 63.3 Å². The molecule has 1 aliphatic rings. The van der Waals surface area contributed by atoms with Crippen LogP contribution < -0.4 is 9.47 Å². The number of likely N-dealkylation sites (N-methyl/N-ethyl adjacent to an activating group) is 1. The van der Waals surface area contributed by atoms with Gasteiger partial charge in [0.2, 0.25) is 0 Å². The number of ether oxygens (including phenoxy) is 2. The molecule has 0 amide bonds. The van der Waals surface area contributed by atoms with Crippen molar-refractivity contribution in [3.05, 3.63) is 36.4 Å². The van der Waals surface area contributed by atoms with E-state index in [0.717, 1.165) is 43.1 Å². The topological polar surface area (TPSA) is 24.9 Å². The van der Waals surface area contributed by atoms with Crippen LogP contribution in [0.3, 0.4) is 0 Å². The van der Waals surface area contributed by atoms with E-state index in [-0.39, 0.29) is 0 Å². The molecule has 0 saturated carbocycles. The average Bonchev–Trinajstić information content (AvgIpc) is 2.54. The van der Waals surface area contributed by atoms with Crippen molar-refractivity contribution in [3.63, 3.8) is 0 Å². The van der Waals surface area contributed by atoms with E-state index in [0.29, 0.717) is 0 Å². The molecule has 1 saturated heterocycles. The van der Waals surface area contributed by atoms with Crippen molar-refractivity contribution in [2.24, 2.45) is 0 Å². The quantitative estimate of drug-likeness (QED) is 0.544. The van der Waals surface area contributed by atoms with E-state index in [2.05, 4.69) is 23.4 Å².